The van der Waals surface area contributed by atoms with Crippen LogP contribution in [0.15, 0.2) is 41.3 Å². The van der Waals surface area contributed by atoms with Gasteiger partial charge in [-0.3, -0.25) is 9.59 Å². The molecule has 0 radical (unpaired) electrons. The number of carbonyl (C=O) groups excluding carboxylic acids is 2. The summed E-state index contributed by atoms with van der Waals surface area (Å²) >= 11 is 0. The zero-order valence-electron chi connectivity index (χ0n) is 11.6. The van der Waals surface area contributed by atoms with Crippen molar-refractivity contribution in [1.82, 2.24) is 4.98 Å². The van der Waals surface area contributed by atoms with Crippen LogP contribution in [0, 0.1) is 6.92 Å². The number of pyridine rings is 1. The van der Waals surface area contributed by atoms with Crippen LogP contribution >= 0.6 is 0 Å². The highest BCUT2D eigenvalue weighted by Gasteiger charge is 2.17. The van der Waals surface area contributed by atoms with E-state index in [0.29, 0.717) is 5.56 Å². The van der Waals surface area contributed by atoms with Crippen molar-refractivity contribution in [2.75, 3.05) is 12.4 Å². The van der Waals surface area contributed by atoms with Crippen LogP contribution in [0.5, 0.6) is 0 Å². The standard InChI is InChI=1S/C15H14N2O4/c1-9-7-8-16-13(18)12(9)14(19)17-11-6-4-3-5-10(11)15(20)21-2/h3-8H,1-2H3,(H,16,18)(H,17,19). The molecule has 0 aliphatic rings. The van der Waals surface area contributed by atoms with Crippen molar-refractivity contribution < 1.29 is 14.3 Å². The minimum Gasteiger partial charge on any atom is -0.465 e. The lowest BCUT2D eigenvalue weighted by molar-refractivity contribution is 0.0602. The molecule has 1 aromatic heterocycles. The van der Waals surface area contributed by atoms with E-state index in [-0.39, 0.29) is 16.8 Å². The molecule has 0 spiro atoms. The molecule has 0 aliphatic heterocycles. The first-order valence-corrected chi connectivity index (χ1v) is 6.21. The average Bonchev–Trinajstić information content (AvgIpc) is 2.47. The van der Waals surface area contributed by atoms with E-state index in [1.165, 1.54) is 19.4 Å². The van der Waals surface area contributed by atoms with Gasteiger partial charge >= 0.3 is 5.97 Å². The summed E-state index contributed by atoms with van der Waals surface area (Å²) in [7, 11) is 1.26. The van der Waals surface area contributed by atoms with Gasteiger partial charge in [0.15, 0.2) is 0 Å². The van der Waals surface area contributed by atoms with Crippen LogP contribution in [-0.4, -0.2) is 24.0 Å². The third-order valence-corrected chi connectivity index (χ3v) is 2.98. The molecular formula is C15H14N2O4. The molecule has 0 bridgehead atoms. The maximum absolute atomic E-state index is 12.2. The van der Waals surface area contributed by atoms with E-state index in [1.54, 1.807) is 31.2 Å². The predicted molar refractivity (Wildman–Crippen MR) is 77.5 cm³/mol. The van der Waals surface area contributed by atoms with Crippen LogP contribution in [0.4, 0.5) is 5.69 Å². The van der Waals surface area contributed by atoms with Crippen molar-refractivity contribution >= 4 is 17.6 Å². The van der Waals surface area contributed by atoms with Gasteiger partial charge in [0, 0.05) is 6.20 Å². The van der Waals surface area contributed by atoms with Gasteiger partial charge in [0.1, 0.15) is 5.56 Å². The van der Waals surface area contributed by atoms with E-state index in [9.17, 15) is 14.4 Å². The van der Waals surface area contributed by atoms with Gasteiger partial charge in [0.05, 0.1) is 18.4 Å². The van der Waals surface area contributed by atoms with Crippen molar-refractivity contribution in [1.29, 1.82) is 0 Å². The normalized spacial score (nSPS) is 10.0. The van der Waals surface area contributed by atoms with Gasteiger partial charge in [-0.2, -0.15) is 0 Å². The maximum Gasteiger partial charge on any atom is 0.339 e. The quantitative estimate of drug-likeness (QED) is 0.841. The third kappa shape index (κ3) is 3.00. The van der Waals surface area contributed by atoms with Gasteiger partial charge in [-0.05, 0) is 30.7 Å². The first-order chi connectivity index (χ1) is 10.0. The smallest absolute Gasteiger partial charge is 0.339 e. The number of hydrogen-bond acceptors (Lipinski definition) is 4. The minimum atomic E-state index is -0.578. The molecule has 108 valence electrons. The molecule has 1 heterocycles. The minimum absolute atomic E-state index is 0.0113. The Bertz CT molecular complexity index is 749. The number of aromatic nitrogens is 1. The summed E-state index contributed by atoms with van der Waals surface area (Å²) in [5.74, 6) is -1.14. The Morgan fingerprint density at radius 1 is 1.19 bits per heavy atom. The Labute approximate surface area is 120 Å². The highest BCUT2D eigenvalue weighted by atomic mass is 16.5. The maximum atomic E-state index is 12.2. The van der Waals surface area contributed by atoms with Gasteiger partial charge < -0.3 is 15.0 Å². The molecule has 6 heteroatoms. The molecule has 0 saturated heterocycles. The molecule has 0 atom stereocenters. The Morgan fingerprint density at radius 2 is 1.90 bits per heavy atom. The monoisotopic (exact) mass is 286 g/mol. The van der Waals surface area contributed by atoms with E-state index < -0.39 is 17.4 Å². The Hall–Kier alpha value is -2.89. The molecule has 2 N–H and O–H groups in total. The lowest BCUT2D eigenvalue weighted by Gasteiger charge is -2.10. The highest BCUT2D eigenvalue weighted by molar-refractivity contribution is 6.08. The number of anilines is 1. The molecule has 0 saturated carbocycles. The number of aryl methyl sites for hydroxylation is 1. The first kappa shape index (κ1) is 14.5. The summed E-state index contributed by atoms with van der Waals surface area (Å²) < 4.78 is 4.65. The molecular weight excluding hydrogens is 272 g/mol. The van der Waals surface area contributed by atoms with E-state index in [1.807, 2.05) is 0 Å². The number of aromatic amines is 1. The second kappa shape index (κ2) is 6.04. The van der Waals surface area contributed by atoms with E-state index in [2.05, 4.69) is 15.0 Å². The number of H-pyrrole nitrogens is 1. The van der Waals surface area contributed by atoms with Crippen LogP contribution in [0.2, 0.25) is 0 Å². The Balaban J connectivity index is 2.37. The summed E-state index contributed by atoms with van der Waals surface area (Å²) in [5.41, 5.74) is 0.586. The second-order valence-corrected chi connectivity index (χ2v) is 4.36. The molecule has 0 unspecified atom stereocenters. The SMILES string of the molecule is COC(=O)c1ccccc1NC(=O)c1c(C)cc[nH]c1=O. The lowest BCUT2D eigenvalue weighted by Crippen LogP contribution is -2.25. The van der Waals surface area contributed by atoms with Crippen LogP contribution in [0.25, 0.3) is 0 Å². The van der Waals surface area contributed by atoms with Crippen molar-refractivity contribution in [3.05, 3.63) is 63.6 Å². The number of ether oxygens (including phenoxy) is 1. The second-order valence-electron chi connectivity index (χ2n) is 4.36. The number of para-hydroxylation sites is 1. The van der Waals surface area contributed by atoms with Gasteiger partial charge in [0.2, 0.25) is 0 Å². The Morgan fingerprint density at radius 3 is 2.57 bits per heavy atom. The molecule has 0 aliphatic carbocycles. The first-order valence-electron chi connectivity index (χ1n) is 6.21. The van der Waals surface area contributed by atoms with Crippen LogP contribution in [-0.2, 0) is 4.74 Å². The fourth-order valence-corrected chi connectivity index (χ4v) is 1.92. The third-order valence-electron chi connectivity index (χ3n) is 2.98. The predicted octanol–water partition coefficient (Wildman–Crippen LogP) is 1.72. The molecule has 21 heavy (non-hydrogen) atoms. The number of benzene rings is 1. The summed E-state index contributed by atoms with van der Waals surface area (Å²) in [4.78, 5) is 38.1. The van der Waals surface area contributed by atoms with Crippen molar-refractivity contribution in [2.24, 2.45) is 0 Å². The molecule has 1 aromatic carbocycles. The number of methoxy groups -OCH3 is 1. The average molecular weight is 286 g/mol. The number of carbonyl (C=O) groups is 2. The topological polar surface area (TPSA) is 88.3 Å². The highest BCUT2D eigenvalue weighted by Crippen LogP contribution is 2.17. The van der Waals surface area contributed by atoms with E-state index in [0.717, 1.165) is 0 Å². The summed E-state index contributed by atoms with van der Waals surface area (Å²) in [6.07, 6.45) is 1.47. The van der Waals surface area contributed by atoms with Crippen molar-refractivity contribution in [3.8, 4) is 0 Å². The van der Waals surface area contributed by atoms with Gasteiger partial charge in [-0.15, -0.1) is 0 Å². The van der Waals surface area contributed by atoms with Crippen molar-refractivity contribution in [3.63, 3.8) is 0 Å². The van der Waals surface area contributed by atoms with Crippen molar-refractivity contribution in [2.45, 2.75) is 6.92 Å². The largest absolute Gasteiger partial charge is 0.465 e. The fourth-order valence-electron chi connectivity index (χ4n) is 1.92. The van der Waals surface area contributed by atoms with Crippen LogP contribution in [0.3, 0.4) is 0 Å². The van der Waals surface area contributed by atoms with Gasteiger partial charge in [-0.1, -0.05) is 12.1 Å². The lowest BCUT2D eigenvalue weighted by atomic mass is 10.1. The van der Waals surface area contributed by atoms with E-state index in [4.69, 9.17) is 0 Å². The van der Waals surface area contributed by atoms with Crippen LogP contribution < -0.4 is 10.9 Å². The molecule has 6 nitrogen and oxygen atoms in total. The molecule has 0 fully saturated rings. The number of rotatable bonds is 3. The summed E-state index contributed by atoms with van der Waals surface area (Å²) in [6.45, 7) is 1.66. The molecule has 2 rings (SSSR count). The van der Waals surface area contributed by atoms with E-state index >= 15 is 0 Å². The van der Waals surface area contributed by atoms with Crippen LogP contribution in [0.1, 0.15) is 26.3 Å². The number of esters is 1. The number of amides is 1. The summed E-state index contributed by atoms with van der Waals surface area (Å²) in [6, 6.07) is 8.05. The zero-order valence-corrected chi connectivity index (χ0v) is 11.6. The zero-order chi connectivity index (χ0) is 15.4. The molecule has 1 amide bonds. The summed E-state index contributed by atoms with van der Waals surface area (Å²) in [5, 5.41) is 2.56. The van der Waals surface area contributed by atoms with Gasteiger partial charge in [0.25, 0.3) is 11.5 Å². The fraction of sp³-hybridized carbons (Fsp3) is 0.133. The molecule has 2 aromatic rings. The van der Waals surface area contributed by atoms with Gasteiger partial charge in [-0.25, -0.2) is 4.79 Å². The number of nitrogens with one attached hydrogen (secondary N) is 2. The number of hydrogen-bond donors (Lipinski definition) is 2. The Kier molecular flexibility index (Phi) is 4.18.